The van der Waals surface area contributed by atoms with Crippen molar-refractivity contribution < 1.29 is 28.5 Å². The van der Waals surface area contributed by atoms with Gasteiger partial charge in [-0.3, -0.25) is 39.6 Å². The second-order valence-electron chi connectivity index (χ2n) is 13.0. The minimum Gasteiger partial charge on any atom is -0.612 e. The molecular formula is C38H37N9O6S. The van der Waals surface area contributed by atoms with Crippen LogP contribution >= 0.6 is 0 Å². The van der Waals surface area contributed by atoms with E-state index in [0.29, 0.717) is 43.0 Å². The number of hydrogen-bond donors (Lipinski definition) is 5. The topological polar surface area (TPSA) is 206 Å². The van der Waals surface area contributed by atoms with Crippen LogP contribution in [-0.4, -0.2) is 99.9 Å². The molecular weight excluding hydrogens is 711 g/mol. The molecule has 276 valence electrons. The number of piperidine rings is 1. The van der Waals surface area contributed by atoms with E-state index < -0.39 is 40.8 Å². The summed E-state index contributed by atoms with van der Waals surface area (Å²) in [4.78, 5) is 76.9. The Hall–Kier alpha value is -6.26. The van der Waals surface area contributed by atoms with Gasteiger partial charge in [0.25, 0.3) is 11.8 Å². The zero-order chi connectivity index (χ0) is 37.9. The van der Waals surface area contributed by atoms with E-state index >= 15 is 0 Å². The molecule has 3 aromatic carbocycles. The van der Waals surface area contributed by atoms with Crippen LogP contribution in [0.5, 0.6) is 0 Å². The Morgan fingerprint density at radius 3 is 2.35 bits per heavy atom. The number of guanidine groups is 1. The maximum atomic E-state index is 13.4. The number of rotatable bonds is 8. The van der Waals surface area contributed by atoms with E-state index in [1.807, 2.05) is 60.7 Å². The number of carbonyl (C=O) groups is 5. The number of aromatic nitrogens is 1. The molecule has 2 saturated heterocycles. The number of nitrogens with zero attached hydrogens (tertiary/aromatic N) is 4. The summed E-state index contributed by atoms with van der Waals surface area (Å²) in [6.07, 6.45) is 1.72. The van der Waals surface area contributed by atoms with E-state index in [1.165, 1.54) is 6.07 Å². The molecule has 7 rings (SSSR count). The van der Waals surface area contributed by atoms with Crippen LogP contribution in [0, 0.1) is 5.41 Å². The van der Waals surface area contributed by atoms with E-state index in [9.17, 15) is 28.5 Å². The highest BCUT2D eigenvalue weighted by molar-refractivity contribution is 7.90. The minimum absolute atomic E-state index is 0.0282. The number of carbonyl (C=O) groups excluding carboxylic acids is 5. The molecule has 3 aliphatic rings. The molecule has 2 atom stereocenters. The summed E-state index contributed by atoms with van der Waals surface area (Å²) >= 11 is -1.06. The maximum absolute atomic E-state index is 13.4. The number of pyridine rings is 1. The number of aromatic amines is 1. The number of fused-ring (bicyclic) bond motifs is 1. The van der Waals surface area contributed by atoms with Crippen molar-refractivity contribution in [3.63, 3.8) is 0 Å². The van der Waals surface area contributed by atoms with Gasteiger partial charge in [-0.25, -0.2) is 0 Å². The summed E-state index contributed by atoms with van der Waals surface area (Å²) in [6.45, 7) is 2.07. The van der Waals surface area contributed by atoms with Gasteiger partial charge in [0.1, 0.15) is 17.8 Å². The highest BCUT2D eigenvalue weighted by atomic mass is 32.2. The van der Waals surface area contributed by atoms with Gasteiger partial charge in [0, 0.05) is 55.4 Å². The predicted octanol–water partition coefficient (Wildman–Crippen LogP) is 2.53. The molecule has 0 bridgehead atoms. The third-order valence-electron chi connectivity index (χ3n) is 9.53. The summed E-state index contributed by atoms with van der Waals surface area (Å²) in [5.74, 6) is -2.58. The first kappa shape index (κ1) is 36.1. The van der Waals surface area contributed by atoms with Crippen LogP contribution < -0.4 is 26.3 Å². The molecule has 0 saturated carbocycles. The number of piperazine rings is 1. The lowest BCUT2D eigenvalue weighted by Crippen LogP contribution is -2.54. The predicted molar refractivity (Wildman–Crippen MR) is 202 cm³/mol. The molecule has 16 heteroatoms. The van der Waals surface area contributed by atoms with Gasteiger partial charge in [-0.2, -0.15) is 4.99 Å². The van der Waals surface area contributed by atoms with Crippen LogP contribution in [0.4, 0.5) is 17.1 Å². The van der Waals surface area contributed by atoms with Crippen LogP contribution in [0.15, 0.2) is 94.8 Å². The van der Waals surface area contributed by atoms with E-state index in [0.717, 1.165) is 26.7 Å². The average Bonchev–Trinajstić information content (AvgIpc) is 3.43. The number of anilines is 3. The fourth-order valence-electron chi connectivity index (χ4n) is 6.72. The summed E-state index contributed by atoms with van der Waals surface area (Å²) in [6, 6.07) is 24.2. The molecule has 4 heterocycles. The van der Waals surface area contributed by atoms with E-state index in [1.54, 1.807) is 29.4 Å². The van der Waals surface area contributed by atoms with Gasteiger partial charge < -0.3 is 30.0 Å². The lowest BCUT2D eigenvalue weighted by Gasteiger charge is -2.36. The first-order valence-electron chi connectivity index (χ1n) is 17.3. The third-order valence-corrected chi connectivity index (χ3v) is 10.5. The Balaban J connectivity index is 0.906. The van der Waals surface area contributed by atoms with Crippen molar-refractivity contribution in [2.24, 2.45) is 4.99 Å². The van der Waals surface area contributed by atoms with Gasteiger partial charge in [0.2, 0.25) is 23.7 Å². The number of hydrogen-bond acceptors (Lipinski definition) is 9. The number of amides is 5. The molecule has 5 amide bonds. The normalized spacial score (nSPS) is 18.0. The molecule has 0 spiro atoms. The van der Waals surface area contributed by atoms with Crippen LogP contribution in [0.25, 0.3) is 11.3 Å². The van der Waals surface area contributed by atoms with Gasteiger partial charge in [-0.05, 0) is 96.0 Å². The summed E-state index contributed by atoms with van der Waals surface area (Å²) < 4.78 is 11.7. The van der Waals surface area contributed by atoms with Crippen molar-refractivity contribution in [3.05, 3.63) is 102 Å². The Kier molecular flexibility index (Phi) is 10.3. The lowest BCUT2D eigenvalue weighted by atomic mass is 10.0. The van der Waals surface area contributed by atoms with Crippen molar-refractivity contribution in [3.8, 4) is 11.3 Å². The van der Waals surface area contributed by atoms with Crippen molar-refractivity contribution in [1.82, 2.24) is 20.1 Å². The standard InChI is InChI=1S/C38H37N9O6S/c1-54(53)26-14-8-23(9-15-26)28-5-3-7-31(42-28)43-38(39)41-24-10-12-25(13-11-24)45-18-20-46(21-19-45)33(49)22-40-29-6-2-4-27-34(29)37(52)47(36(27)51)30-16-17-32(48)44-35(30)50/h2-15,30,40H,16-22H2,1H3,(H,44,48,50)(H3,39,41,42,43). The minimum atomic E-state index is -1.07. The zero-order valence-corrected chi connectivity index (χ0v) is 30.1. The van der Waals surface area contributed by atoms with Crippen LogP contribution in [-0.2, 0) is 25.6 Å². The number of imide groups is 2. The second kappa shape index (κ2) is 15.4. The summed E-state index contributed by atoms with van der Waals surface area (Å²) in [5, 5.41) is 16.6. The van der Waals surface area contributed by atoms with Crippen LogP contribution in [0.2, 0.25) is 0 Å². The Bertz CT molecular complexity index is 2210. The summed E-state index contributed by atoms with van der Waals surface area (Å²) in [7, 11) is 0. The average molecular weight is 748 g/mol. The van der Waals surface area contributed by atoms with Gasteiger partial charge in [0.05, 0.1) is 17.7 Å². The lowest BCUT2D eigenvalue weighted by molar-refractivity contribution is -0.136. The molecule has 3 aliphatic heterocycles. The van der Waals surface area contributed by atoms with Crippen molar-refractivity contribution >= 4 is 63.7 Å². The monoisotopic (exact) mass is 747 g/mol. The Morgan fingerprint density at radius 2 is 1.65 bits per heavy atom. The second-order valence-corrected chi connectivity index (χ2v) is 14.3. The smallest absolute Gasteiger partial charge is 0.264 e. The van der Waals surface area contributed by atoms with E-state index in [2.05, 4.69) is 30.8 Å². The molecule has 54 heavy (non-hydrogen) atoms. The Labute approximate surface area is 313 Å². The number of benzene rings is 3. The molecule has 4 aromatic rings. The van der Waals surface area contributed by atoms with Gasteiger partial charge in [0.15, 0.2) is 4.90 Å². The first-order chi connectivity index (χ1) is 26.0. The SMILES string of the molecule is C[S+]([O-])c1ccc(-c2ccc/c(=N/C(=N)Nc3ccc(N4CCN(C(=O)CNc5cccc6c5C(=O)N(C5CCC(=O)NC5=O)C6=O)CC4)cc3)[nH]2)cc1. The van der Waals surface area contributed by atoms with Crippen molar-refractivity contribution in [1.29, 1.82) is 5.41 Å². The fraction of sp³-hybridized carbons (Fsp3) is 0.237. The van der Waals surface area contributed by atoms with Crippen molar-refractivity contribution in [2.75, 3.05) is 54.5 Å². The third kappa shape index (κ3) is 7.60. The highest BCUT2D eigenvalue weighted by Crippen LogP contribution is 2.32. The number of nitrogens with one attached hydrogen (secondary N) is 5. The number of H-pyrrole nitrogens is 1. The summed E-state index contributed by atoms with van der Waals surface area (Å²) in [5.41, 5.74) is 4.46. The molecule has 2 fully saturated rings. The highest BCUT2D eigenvalue weighted by Gasteiger charge is 2.45. The molecule has 0 radical (unpaired) electrons. The maximum Gasteiger partial charge on any atom is 0.264 e. The first-order valence-corrected chi connectivity index (χ1v) is 18.9. The molecule has 2 unspecified atom stereocenters. The quantitative estimate of drug-likeness (QED) is 0.0776. The fourth-order valence-corrected chi connectivity index (χ4v) is 7.24. The Morgan fingerprint density at radius 1 is 0.926 bits per heavy atom. The van der Waals surface area contributed by atoms with E-state index in [4.69, 9.17) is 5.41 Å². The van der Waals surface area contributed by atoms with Gasteiger partial charge >= 0.3 is 0 Å². The molecule has 15 nitrogen and oxygen atoms in total. The van der Waals surface area contributed by atoms with E-state index in [-0.39, 0.29) is 42.4 Å². The molecule has 5 N–H and O–H groups in total. The van der Waals surface area contributed by atoms with Crippen molar-refractivity contribution in [2.45, 2.75) is 23.8 Å². The van der Waals surface area contributed by atoms with Gasteiger partial charge in [-0.1, -0.05) is 12.1 Å². The molecule has 0 aliphatic carbocycles. The van der Waals surface area contributed by atoms with Crippen LogP contribution in [0.3, 0.4) is 0 Å². The largest absolute Gasteiger partial charge is 0.612 e. The van der Waals surface area contributed by atoms with Gasteiger partial charge in [-0.15, -0.1) is 0 Å². The van der Waals surface area contributed by atoms with Crippen LogP contribution in [0.1, 0.15) is 33.6 Å². The zero-order valence-electron chi connectivity index (χ0n) is 29.3. The molecule has 1 aromatic heterocycles.